The molecule has 1 heterocycles. The Morgan fingerprint density at radius 1 is 0.339 bits per heavy atom. The highest BCUT2D eigenvalue weighted by atomic mass is 15.1. The summed E-state index contributed by atoms with van der Waals surface area (Å²) in [6.45, 7) is 0. The predicted octanol–water partition coefficient (Wildman–Crippen LogP) is 14.9. The van der Waals surface area contributed by atoms with Gasteiger partial charge in [0.2, 0.25) is 0 Å². The minimum absolute atomic E-state index is 0.513. The fraction of sp³-hybridized carbons (Fsp3) is 0.0175. The van der Waals surface area contributed by atoms with Crippen molar-refractivity contribution < 1.29 is 0 Å². The summed E-state index contributed by atoms with van der Waals surface area (Å²) >= 11 is 0. The Bertz CT molecular complexity index is 3510. The highest BCUT2D eigenvalue weighted by Gasteiger charge is 2.50. The van der Waals surface area contributed by atoms with Gasteiger partial charge in [-0.05, 0) is 109 Å². The maximum Gasteiger partial charge on any atom is 0.0726 e. The van der Waals surface area contributed by atoms with E-state index in [0.29, 0.717) is 0 Å². The first-order valence-electron chi connectivity index (χ1n) is 20.5. The molecular formula is C57H36N2. The molecule has 2 heteroatoms. The topological polar surface area (TPSA) is 8.17 Å². The zero-order valence-electron chi connectivity index (χ0n) is 32.2. The van der Waals surface area contributed by atoms with Crippen molar-refractivity contribution in [2.75, 3.05) is 4.90 Å². The lowest BCUT2D eigenvalue weighted by Gasteiger charge is -2.40. The van der Waals surface area contributed by atoms with Crippen LogP contribution in [0, 0.1) is 0 Å². The Labute approximate surface area is 342 Å². The highest BCUT2D eigenvalue weighted by molar-refractivity contribution is 6.11. The Morgan fingerprint density at radius 2 is 0.898 bits per heavy atom. The number of aromatic nitrogens is 1. The second-order valence-corrected chi connectivity index (χ2v) is 16.0. The van der Waals surface area contributed by atoms with E-state index in [4.69, 9.17) is 0 Å². The minimum atomic E-state index is -0.513. The summed E-state index contributed by atoms with van der Waals surface area (Å²) in [4.78, 5) is 2.50. The number of nitrogens with zero attached hydrogens (tertiary/aromatic N) is 2. The van der Waals surface area contributed by atoms with E-state index in [1.165, 1.54) is 87.9 Å². The van der Waals surface area contributed by atoms with Gasteiger partial charge in [0.25, 0.3) is 0 Å². The van der Waals surface area contributed by atoms with Crippen molar-refractivity contribution in [1.29, 1.82) is 0 Å². The average molecular weight is 749 g/mol. The largest absolute Gasteiger partial charge is 0.310 e. The number of fused-ring (bicyclic) bond motifs is 13. The molecule has 0 radical (unpaired) electrons. The van der Waals surface area contributed by atoms with Crippen LogP contribution >= 0.6 is 0 Å². The first kappa shape index (κ1) is 32.4. The third-order valence-electron chi connectivity index (χ3n) is 13.2. The Hall–Kier alpha value is -7.68. The lowest BCUT2D eigenvalue weighted by molar-refractivity contribution is 0.773. The molecule has 1 unspecified atom stereocenters. The number of anilines is 3. The zero-order valence-corrected chi connectivity index (χ0v) is 32.2. The second-order valence-electron chi connectivity index (χ2n) is 16.0. The van der Waals surface area contributed by atoms with E-state index < -0.39 is 5.41 Å². The van der Waals surface area contributed by atoms with Gasteiger partial charge in [0, 0.05) is 33.2 Å². The predicted molar refractivity (Wildman–Crippen MR) is 247 cm³/mol. The molecule has 0 saturated carbocycles. The van der Waals surface area contributed by atoms with E-state index in [0.717, 1.165) is 22.7 Å². The average Bonchev–Trinajstić information content (AvgIpc) is 3.79. The minimum Gasteiger partial charge on any atom is -0.310 e. The van der Waals surface area contributed by atoms with Gasteiger partial charge in [-0.3, -0.25) is 0 Å². The fourth-order valence-corrected chi connectivity index (χ4v) is 10.8. The zero-order chi connectivity index (χ0) is 38.7. The third-order valence-corrected chi connectivity index (χ3v) is 13.2. The number of rotatable bonds is 4. The number of benzene rings is 10. The van der Waals surface area contributed by atoms with Crippen LogP contribution in [0.3, 0.4) is 0 Å². The van der Waals surface area contributed by atoms with Crippen LogP contribution in [0.15, 0.2) is 218 Å². The molecule has 0 bridgehead atoms. The van der Waals surface area contributed by atoms with Crippen LogP contribution < -0.4 is 4.90 Å². The number of para-hydroxylation sites is 2. The van der Waals surface area contributed by atoms with Crippen LogP contribution in [-0.2, 0) is 5.41 Å². The van der Waals surface area contributed by atoms with E-state index >= 15 is 0 Å². The van der Waals surface area contributed by atoms with Crippen molar-refractivity contribution in [3.8, 4) is 27.9 Å². The fourth-order valence-electron chi connectivity index (χ4n) is 10.8. The van der Waals surface area contributed by atoms with Gasteiger partial charge in [-0.1, -0.05) is 170 Å². The van der Waals surface area contributed by atoms with E-state index in [2.05, 4.69) is 228 Å². The molecule has 0 amide bonds. The van der Waals surface area contributed by atoms with Gasteiger partial charge in [-0.25, -0.2) is 0 Å². The first-order chi connectivity index (χ1) is 29.3. The smallest absolute Gasteiger partial charge is 0.0726 e. The summed E-state index contributed by atoms with van der Waals surface area (Å²) in [5.41, 5.74) is 16.9. The molecule has 59 heavy (non-hydrogen) atoms. The first-order valence-corrected chi connectivity index (χ1v) is 20.5. The van der Waals surface area contributed by atoms with Gasteiger partial charge in [-0.2, -0.15) is 0 Å². The molecular weight excluding hydrogens is 713 g/mol. The van der Waals surface area contributed by atoms with Crippen molar-refractivity contribution >= 4 is 60.4 Å². The standard InChI is InChI=1S/C57H36N2/c1-2-19-39(20-3-1)59-54-29-11-8-24-46(54)47-34-32-41(36-55(47)59)58(53-30-14-16-37-15-4-5-21-42(37)53)40-31-33-45-43-22-6-9-26-49(43)57(52(45)35-40)50-27-10-7-23-44(50)48-25-12-17-38-18-13-28-51(57)56(38)48/h1-36H. The summed E-state index contributed by atoms with van der Waals surface area (Å²) in [5.74, 6) is 0. The van der Waals surface area contributed by atoms with Crippen LogP contribution in [0.2, 0.25) is 0 Å². The SMILES string of the molecule is c1ccc(-n2c3ccccc3c3ccc(N(c4ccc5c(c4)C4(c6ccccc6-5)c5ccccc5-c5cccc6cccc4c56)c4cccc5ccccc45)cc32)cc1. The lowest BCUT2D eigenvalue weighted by atomic mass is 9.61. The molecule has 0 fully saturated rings. The molecule has 1 spiro atoms. The van der Waals surface area contributed by atoms with E-state index in [1.807, 2.05) is 0 Å². The van der Waals surface area contributed by atoms with E-state index in [9.17, 15) is 0 Å². The third kappa shape index (κ3) is 4.35. The van der Waals surface area contributed by atoms with Crippen molar-refractivity contribution in [3.05, 3.63) is 241 Å². The van der Waals surface area contributed by atoms with Gasteiger partial charge >= 0.3 is 0 Å². The maximum atomic E-state index is 2.51. The molecule has 1 aromatic heterocycles. The summed E-state index contributed by atoms with van der Waals surface area (Å²) in [6, 6.07) is 81.2. The van der Waals surface area contributed by atoms with Crippen molar-refractivity contribution in [2.24, 2.45) is 0 Å². The van der Waals surface area contributed by atoms with Crippen LogP contribution in [0.4, 0.5) is 17.1 Å². The van der Waals surface area contributed by atoms with Gasteiger partial charge in [-0.15, -0.1) is 0 Å². The maximum absolute atomic E-state index is 2.51. The second kappa shape index (κ2) is 12.2. The monoisotopic (exact) mass is 748 g/mol. The lowest BCUT2D eigenvalue weighted by Crippen LogP contribution is -2.32. The molecule has 13 rings (SSSR count). The van der Waals surface area contributed by atoms with E-state index in [-0.39, 0.29) is 0 Å². The van der Waals surface area contributed by atoms with Crippen LogP contribution in [-0.4, -0.2) is 4.57 Å². The summed E-state index contributed by atoms with van der Waals surface area (Å²) in [7, 11) is 0. The number of hydrogen-bond acceptors (Lipinski definition) is 1. The van der Waals surface area contributed by atoms with Gasteiger partial charge in [0.1, 0.15) is 0 Å². The molecule has 10 aromatic carbocycles. The summed E-state index contributed by atoms with van der Waals surface area (Å²) in [5, 5.41) is 7.52. The molecule has 274 valence electrons. The molecule has 1 atom stereocenters. The van der Waals surface area contributed by atoms with Gasteiger partial charge in [0.05, 0.1) is 22.1 Å². The van der Waals surface area contributed by atoms with Crippen molar-refractivity contribution in [3.63, 3.8) is 0 Å². The summed E-state index contributed by atoms with van der Waals surface area (Å²) < 4.78 is 2.42. The van der Waals surface area contributed by atoms with Crippen molar-refractivity contribution in [1.82, 2.24) is 4.57 Å². The van der Waals surface area contributed by atoms with Crippen molar-refractivity contribution in [2.45, 2.75) is 5.41 Å². The van der Waals surface area contributed by atoms with Crippen LogP contribution in [0.5, 0.6) is 0 Å². The Balaban J connectivity index is 1.13. The number of hydrogen-bond donors (Lipinski definition) is 0. The van der Waals surface area contributed by atoms with Crippen LogP contribution in [0.25, 0.3) is 71.3 Å². The van der Waals surface area contributed by atoms with Gasteiger partial charge < -0.3 is 9.47 Å². The van der Waals surface area contributed by atoms with E-state index in [1.54, 1.807) is 0 Å². The molecule has 2 nitrogen and oxygen atoms in total. The normalized spacial score (nSPS) is 14.8. The summed E-state index contributed by atoms with van der Waals surface area (Å²) in [6.07, 6.45) is 0. The molecule has 0 aliphatic heterocycles. The highest BCUT2D eigenvalue weighted by Crippen LogP contribution is 2.62. The van der Waals surface area contributed by atoms with Crippen LogP contribution in [0.1, 0.15) is 22.3 Å². The molecule has 0 N–H and O–H groups in total. The molecule has 2 aliphatic carbocycles. The molecule has 11 aromatic rings. The Kier molecular flexibility index (Phi) is 6.68. The molecule has 2 aliphatic rings. The van der Waals surface area contributed by atoms with Gasteiger partial charge in [0.15, 0.2) is 0 Å². The quantitative estimate of drug-likeness (QED) is 0.174. The molecule has 0 saturated heterocycles. The Morgan fingerprint density at radius 3 is 1.75 bits per heavy atom.